The van der Waals surface area contributed by atoms with E-state index in [1.165, 1.54) is 21.8 Å². The highest BCUT2D eigenvalue weighted by molar-refractivity contribution is 6.10. The molecular weight excluding hydrogens is 607 g/mol. The number of hydrogen-bond acceptors (Lipinski definition) is 2. The van der Waals surface area contributed by atoms with Crippen molar-refractivity contribution in [3.8, 4) is 39.3 Å². The Bertz CT molecular complexity index is 2460. The first kappa shape index (κ1) is 29.4. The quantitative estimate of drug-likeness (QED) is 0.173. The van der Waals surface area contributed by atoms with Crippen molar-refractivity contribution in [3.63, 3.8) is 0 Å². The van der Waals surface area contributed by atoms with Gasteiger partial charge in [0, 0.05) is 44.6 Å². The van der Waals surface area contributed by atoms with Crippen molar-refractivity contribution in [2.75, 3.05) is 4.90 Å². The Morgan fingerprint density at radius 3 is 1.40 bits per heavy atom. The molecule has 9 rings (SSSR count). The van der Waals surface area contributed by atoms with Crippen LogP contribution in [0.15, 0.2) is 200 Å². The molecule has 0 bridgehead atoms. The van der Waals surface area contributed by atoms with Gasteiger partial charge in [0.2, 0.25) is 0 Å². The van der Waals surface area contributed by atoms with Gasteiger partial charge >= 0.3 is 0 Å². The van der Waals surface area contributed by atoms with Crippen molar-refractivity contribution in [3.05, 3.63) is 200 Å². The number of para-hydroxylation sites is 3. The van der Waals surface area contributed by atoms with Gasteiger partial charge in [0.05, 0.1) is 22.4 Å². The lowest BCUT2D eigenvalue weighted by molar-refractivity contribution is 1.17. The monoisotopic (exact) mass is 639 g/mol. The molecule has 9 aromatic rings. The van der Waals surface area contributed by atoms with Crippen molar-refractivity contribution in [1.29, 1.82) is 0 Å². The zero-order chi connectivity index (χ0) is 33.3. The van der Waals surface area contributed by atoms with Gasteiger partial charge in [-0.25, -0.2) is 4.98 Å². The molecule has 0 radical (unpaired) electrons. The number of rotatable bonds is 7. The van der Waals surface area contributed by atoms with Gasteiger partial charge < -0.3 is 9.47 Å². The number of pyridine rings is 1. The summed E-state index contributed by atoms with van der Waals surface area (Å²) in [6.07, 6.45) is 0. The van der Waals surface area contributed by atoms with Crippen molar-refractivity contribution in [1.82, 2.24) is 9.55 Å². The first-order valence-corrected chi connectivity index (χ1v) is 17.0. The molecule has 0 saturated heterocycles. The van der Waals surface area contributed by atoms with Crippen molar-refractivity contribution in [2.45, 2.75) is 0 Å². The van der Waals surface area contributed by atoms with E-state index in [4.69, 9.17) is 4.98 Å². The Morgan fingerprint density at radius 2 is 0.820 bits per heavy atom. The number of aromatic nitrogens is 2. The summed E-state index contributed by atoms with van der Waals surface area (Å²) >= 11 is 0. The maximum Gasteiger partial charge on any atom is 0.0715 e. The van der Waals surface area contributed by atoms with Crippen LogP contribution >= 0.6 is 0 Å². The minimum atomic E-state index is 0.958. The zero-order valence-corrected chi connectivity index (χ0v) is 27.4. The van der Waals surface area contributed by atoms with Crippen molar-refractivity contribution in [2.24, 2.45) is 0 Å². The Hall–Kier alpha value is -6.71. The molecule has 3 heteroatoms. The fraction of sp³-hybridized carbons (Fsp3) is 0. The molecule has 0 N–H and O–H groups in total. The van der Waals surface area contributed by atoms with E-state index in [0.29, 0.717) is 0 Å². The first-order chi connectivity index (χ1) is 24.8. The topological polar surface area (TPSA) is 21.1 Å². The molecular formula is C47H33N3. The average Bonchev–Trinajstić information content (AvgIpc) is 3.53. The van der Waals surface area contributed by atoms with Crippen LogP contribution in [-0.2, 0) is 0 Å². The number of anilines is 3. The molecule has 0 saturated carbocycles. The molecule has 0 aliphatic heterocycles. The number of hydrogen-bond donors (Lipinski definition) is 0. The first-order valence-electron chi connectivity index (χ1n) is 17.0. The van der Waals surface area contributed by atoms with Crippen LogP contribution < -0.4 is 4.90 Å². The molecule has 3 nitrogen and oxygen atoms in total. The van der Waals surface area contributed by atoms with Crippen LogP contribution in [0.1, 0.15) is 0 Å². The Morgan fingerprint density at radius 1 is 0.340 bits per heavy atom. The van der Waals surface area contributed by atoms with Crippen LogP contribution in [0.25, 0.3) is 61.1 Å². The molecule has 0 unspecified atom stereocenters. The molecule has 0 aliphatic rings. The van der Waals surface area contributed by atoms with Gasteiger partial charge in [-0.05, 0) is 83.9 Å². The highest BCUT2D eigenvalue weighted by Crippen LogP contribution is 2.39. The highest BCUT2D eigenvalue weighted by atomic mass is 15.1. The SMILES string of the molecule is c1ccc(-c2cc(-c3ccc4c5ccccc5n(-c5ccc(N(c6ccccc6)c6ccccc6)cc5)c4c3)cc(-c3ccccc3)n2)cc1. The van der Waals surface area contributed by atoms with E-state index in [0.717, 1.165) is 56.4 Å². The molecule has 236 valence electrons. The van der Waals surface area contributed by atoms with Gasteiger partial charge in [-0.2, -0.15) is 0 Å². The largest absolute Gasteiger partial charge is 0.311 e. The van der Waals surface area contributed by atoms with Crippen molar-refractivity contribution >= 4 is 38.9 Å². The standard InChI is InChI=1S/C47H33N3/c1-5-15-34(16-6-1)44-31-37(32-45(48-44)35-17-7-2-8-18-35)36-25-30-43-42-23-13-14-24-46(42)50(47(43)33-36)41-28-26-40(27-29-41)49(38-19-9-3-10-20-38)39-21-11-4-12-22-39/h1-33H. The second-order valence-electron chi connectivity index (χ2n) is 12.5. The third kappa shape index (κ3) is 5.41. The molecule has 0 fully saturated rings. The normalized spacial score (nSPS) is 11.2. The van der Waals surface area contributed by atoms with Gasteiger partial charge in [-0.15, -0.1) is 0 Å². The van der Waals surface area contributed by atoms with Gasteiger partial charge in [0.15, 0.2) is 0 Å². The van der Waals surface area contributed by atoms with Crippen LogP contribution in [0.2, 0.25) is 0 Å². The van der Waals surface area contributed by atoms with Crippen LogP contribution in [0.4, 0.5) is 17.1 Å². The Balaban J connectivity index is 1.20. The van der Waals surface area contributed by atoms with Gasteiger partial charge in [0.1, 0.15) is 0 Å². The summed E-state index contributed by atoms with van der Waals surface area (Å²) in [5, 5.41) is 2.46. The van der Waals surface area contributed by atoms with E-state index in [1.807, 2.05) is 12.1 Å². The van der Waals surface area contributed by atoms with Crippen molar-refractivity contribution < 1.29 is 0 Å². The Labute approximate surface area is 292 Å². The maximum atomic E-state index is 5.12. The van der Waals surface area contributed by atoms with Gasteiger partial charge in [0.25, 0.3) is 0 Å². The smallest absolute Gasteiger partial charge is 0.0715 e. The average molecular weight is 640 g/mol. The van der Waals surface area contributed by atoms with E-state index in [-0.39, 0.29) is 0 Å². The predicted octanol–water partition coefficient (Wildman–Crippen LogP) is 12.6. The molecule has 50 heavy (non-hydrogen) atoms. The number of benzene rings is 7. The fourth-order valence-electron chi connectivity index (χ4n) is 6.99. The van der Waals surface area contributed by atoms with E-state index in [2.05, 4.69) is 198 Å². The third-order valence-corrected chi connectivity index (χ3v) is 9.37. The summed E-state index contributed by atoms with van der Waals surface area (Å²) in [5.41, 5.74) is 13.2. The van der Waals surface area contributed by atoms with Gasteiger partial charge in [-0.3, -0.25) is 0 Å². The zero-order valence-electron chi connectivity index (χ0n) is 27.4. The van der Waals surface area contributed by atoms with E-state index in [1.54, 1.807) is 0 Å². The third-order valence-electron chi connectivity index (χ3n) is 9.37. The van der Waals surface area contributed by atoms with E-state index in [9.17, 15) is 0 Å². The number of nitrogens with zero attached hydrogens (tertiary/aromatic N) is 3. The van der Waals surface area contributed by atoms with Crippen LogP contribution in [0.5, 0.6) is 0 Å². The van der Waals surface area contributed by atoms with Crippen LogP contribution in [-0.4, -0.2) is 9.55 Å². The molecule has 0 spiro atoms. The highest BCUT2D eigenvalue weighted by Gasteiger charge is 2.17. The summed E-state index contributed by atoms with van der Waals surface area (Å²) in [6.45, 7) is 0. The molecule has 2 aromatic heterocycles. The number of fused-ring (bicyclic) bond motifs is 3. The lowest BCUT2D eigenvalue weighted by atomic mass is 9.99. The summed E-state index contributed by atoms with van der Waals surface area (Å²) in [4.78, 5) is 7.42. The van der Waals surface area contributed by atoms with E-state index < -0.39 is 0 Å². The summed E-state index contributed by atoms with van der Waals surface area (Å²) < 4.78 is 2.39. The molecule has 0 amide bonds. The minimum Gasteiger partial charge on any atom is -0.311 e. The molecule has 0 aliphatic carbocycles. The van der Waals surface area contributed by atoms with Crippen LogP contribution in [0.3, 0.4) is 0 Å². The second-order valence-corrected chi connectivity index (χ2v) is 12.5. The molecule has 7 aromatic carbocycles. The fourth-order valence-corrected chi connectivity index (χ4v) is 6.99. The lowest BCUT2D eigenvalue weighted by Gasteiger charge is -2.25. The summed E-state index contributed by atoms with van der Waals surface area (Å²) in [5.74, 6) is 0. The minimum absolute atomic E-state index is 0.958. The lowest BCUT2D eigenvalue weighted by Crippen LogP contribution is -2.09. The van der Waals surface area contributed by atoms with E-state index >= 15 is 0 Å². The predicted molar refractivity (Wildman–Crippen MR) is 210 cm³/mol. The molecule has 0 atom stereocenters. The second kappa shape index (κ2) is 12.7. The summed E-state index contributed by atoms with van der Waals surface area (Å²) in [6, 6.07) is 70.9. The van der Waals surface area contributed by atoms with Crippen LogP contribution in [0, 0.1) is 0 Å². The summed E-state index contributed by atoms with van der Waals surface area (Å²) in [7, 11) is 0. The maximum absolute atomic E-state index is 5.12. The molecule has 2 heterocycles. The van der Waals surface area contributed by atoms with Gasteiger partial charge in [-0.1, -0.05) is 127 Å². The Kier molecular flexibility index (Phi) is 7.49.